The molecule has 0 N–H and O–H groups in total. The second kappa shape index (κ2) is 2.62. The monoisotopic (exact) mass is 186 g/mol. The third kappa shape index (κ3) is 1.29. The van der Waals surface area contributed by atoms with E-state index < -0.39 is 5.21 Å². The van der Waals surface area contributed by atoms with Crippen LogP contribution in [0.1, 0.15) is 47.0 Å². The van der Waals surface area contributed by atoms with E-state index in [1.54, 1.807) is 0 Å². The Kier molecular flexibility index (Phi) is 1.99. The highest BCUT2D eigenvalue weighted by molar-refractivity contribution is 6.40. The summed E-state index contributed by atoms with van der Waals surface area (Å²) in [5, 5.41) is -0.479. The molecule has 0 aromatic carbocycles. The molecule has 0 nitrogen and oxygen atoms in total. The van der Waals surface area contributed by atoms with Gasteiger partial charge in [0.05, 0.1) is 15.7 Å². The van der Waals surface area contributed by atoms with Gasteiger partial charge in [-0.15, -0.1) is 0 Å². The molecule has 1 unspecified atom stereocenters. The largest absolute Gasteiger partial charge is 0.0911 e. The Morgan fingerprint density at radius 3 is 1.93 bits per heavy atom. The van der Waals surface area contributed by atoms with Crippen molar-refractivity contribution in [3.05, 3.63) is 0 Å². The Hall–Kier alpha value is 0.130. The SMILES string of the molecule is [B]C([B])(C1CC12CC(C)C2)C(C)(C)C. The number of hydrogen-bond acceptors (Lipinski definition) is 0. The normalized spacial score (nSPS) is 42.3. The van der Waals surface area contributed by atoms with Crippen LogP contribution in [0.4, 0.5) is 0 Å². The maximum Gasteiger partial charge on any atom is 0.0631 e. The van der Waals surface area contributed by atoms with Crippen LogP contribution < -0.4 is 0 Å². The average molecular weight is 186 g/mol. The Morgan fingerprint density at radius 1 is 1.07 bits per heavy atom. The zero-order valence-corrected chi connectivity index (χ0v) is 9.93. The fraction of sp³-hybridized carbons (Fsp3) is 1.00. The third-order valence-electron chi connectivity index (χ3n) is 4.58. The Morgan fingerprint density at radius 2 is 1.57 bits per heavy atom. The van der Waals surface area contributed by atoms with Crippen molar-refractivity contribution < 1.29 is 0 Å². The summed E-state index contributed by atoms with van der Waals surface area (Å²) >= 11 is 0. The first-order valence-corrected chi connectivity index (χ1v) is 5.77. The van der Waals surface area contributed by atoms with E-state index in [0.29, 0.717) is 11.3 Å². The van der Waals surface area contributed by atoms with Crippen LogP contribution in [0.25, 0.3) is 0 Å². The van der Waals surface area contributed by atoms with E-state index in [2.05, 4.69) is 27.7 Å². The third-order valence-corrected chi connectivity index (χ3v) is 4.58. The molecule has 2 aliphatic carbocycles. The van der Waals surface area contributed by atoms with Gasteiger partial charge >= 0.3 is 0 Å². The van der Waals surface area contributed by atoms with Crippen molar-refractivity contribution in [2.24, 2.45) is 22.7 Å². The van der Waals surface area contributed by atoms with Crippen molar-refractivity contribution in [1.82, 2.24) is 0 Å². The molecule has 74 valence electrons. The lowest BCUT2D eigenvalue weighted by Gasteiger charge is -2.45. The van der Waals surface area contributed by atoms with Crippen LogP contribution in [0.2, 0.25) is 5.21 Å². The maximum atomic E-state index is 6.31. The highest BCUT2D eigenvalue weighted by Crippen LogP contribution is 2.75. The molecule has 2 saturated carbocycles. The summed E-state index contributed by atoms with van der Waals surface area (Å²) in [5.74, 6) is 1.46. The highest BCUT2D eigenvalue weighted by atomic mass is 14.7. The minimum Gasteiger partial charge on any atom is -0.0911 e. The van der Waals surface area contributed by atoms with Crippen molar-refractivity contribution >= 4 is 15.7 Å². The van der Waals surface area contributed by atoms with Gasteiger partial charge in [0.25, 0.3) is 0 Å². The molecule has 2 rings (SSSR count). The van der Waals surface area contributed by atoms with Crippen molar-refractivity contribution in [2.45, 2.75) is 52.2 Å². The molecule has 0 aliphatic heterocycles. The van der Waals surface area contributed by atoms with Crippen molar-refractivity contribution in [2.75, 3.05) is 0 Å². The van der Waals surface area contributed by atoms with Gasteiger partial charge in [0, 0.05) is 0 Å². The lowest BCUT2D eigenvalue weighted by Crippen LogP contribution is -2.36. The summed E-state index contributed by atoms with van der Waals surface area (Å²) < 4.78 is 0. The minimum absolute atomic E-state index is 0.0139. The molecule has 0 amide bonds. The first kappa shape index (κ1) is 10.6. The van der Waals surface area contributed by atoms with Gasteiger partial charge < -0.3 is 0 Å². The molecular formula is C12H20B2. The smallest absolute Gasteiger partial charge is 0.0631 e. The number of rotatable bonds is 1. The van der Waals surface area contributed by atoms with Gasteiger partial charge in [0.15, 0.2) is 0 Å². The standard InChI is InChI=1S/C12H20B2/c1-8-5-11(6-8)7-9(11)12(13,14)10(2,3)4/h8-9H,5-7H2,1-4H3. The minimum atomic E-state index is -0.479. The van der Waals surface area contributed by atoms with E-state index in [9.17, 15) is 0 Å². The molecular weight excluding hydrogens is 166 g/mol. The predicted octanol–water partition coefficient (Wildman–Crippen LogP) is 2.92. The van der Waals surface area contributed by atoms with Crippen LogP contribution in [-0.4, -0.2) is 15.7 Å². The fourth-order valence-electron chi connectivity index (χ4n) is 3.33. The molecule has 0 aromatic rings. The summed E-state index contributed by atoms with van der Waals surface area (Å²) in [4.78, 5) is 0. The Balaban J connectivity index is 2.06. The quantitative estimate of drug-likeness (QED) is 0.552. The van der Waals surface area contributed by atoms with Gasteiger partial charge in [0.1, 0.15) is 0 Å². The first-order valence-electron chi connectivity index (χ1n) is 5.77. The van der Waals surface area contributed by atoms with Gasteiger partial charge in [-0.2, -0.15) is 0 Å². The lowest BCUT2D eigenvalue weighted by atomic mass is 9.39. The van der Waals surface area contributed by atoms with Crippen LogP contribution in [0.15, 0.2) is 0 Å². The molecule has 0 aromatic heterocycles. The van der Waals surface area contributed by atoms with Crippen LogP contribution in [-0.2, 0) is 0 Å². The lowest BCUT2D eigenvalue weighted by molar-refractivity contribution is 0.143. The maximum absolute atomic E-state index is 6.31. The predicted molar refractivity (Wildman–Crippen MR) is 62.6 cm³/mol. The molecule has 1 atom stereocenters. The van der Waals surface area contributed by atoms with Crippen LogP contribution in [0.5, 0.6) is 0 Å². The summed E-state index contributed by atoms with van der Waals surface area (Å²) in [6, 6.07) is 0. The molecule has 2 fully saturated rings. The molecule has 1 spiro atoms. The topological polar surface area (TPSA) is 0 Å². The van der Waals surface area contributed by atoms with E-state index in [1.807, 2.05) is 0 Å². The molecule has 0 heterocycles. The van der Waals surface area contributed by atoms with Gasteiger partial charge in [-0.05, 0) is 41.9 Å². The summed E-state index contributed by atoms with van der Waals surface area (Å²) in [6.07, 6.45) is 3.97. The van der Waals surface area contributed by atoms with E-state index in [4.69, 9.17) is 15.7 Å². The van der Waals surface area contributed by atoms with Crippen molar-refractivity contribution in [3.8, 4) is 0 Å². The fourth-order valence-corrected chi connectivity index (χ4v) is 3.33. The zero-order chi connectivity index (χ0) is 10.8. The molecule has 2 heteroatoms. The van der Waals surface area contributed by atoms with E-state index in [0.717, 1.165) is 5.92 Å². The second-order valence-electron chi connectivity index (χ2n) is 6.82. The van der Waals surface area contributed by atoms with Gasteiger partial charge in [0.2, 0.25) is 0 Å². The highest BCUT2D eigenvalue weighted by Gasteiger charge is 2.65. The van der Waals surface area contributed by atoms with Gasteiger partial charge in [-0.1, -0.05) is 32.9 Å². The van der Waals surface area contributed by atoms with Crippen molar-refractivity contribution in [3.63, 3.8) is 0 Å². The molecule has 0 saturated heterocycles. The average Bonchev–Trinajstić information content (AvgIpc) is 2.60. The van der Waals surface area contributed by atoms with E-state index >= 15 is 0 Å². The Labute approximate surface area is 91.0 Å². The van der Waals surface area contributed by atoms with Crippen LogP contribution in [0.3, 0.4) is 0 Å². The Bertz CT molecular complexity index is 244. The summed E-state index contributed by atoms with van der Waals surface area (Å²) in [5.41, 5.74) is 0.566. The van der Waals surface area contributed by atoms with E-state index in [-0.39, 0.29) is 5.41 Å². The molecule has 0 bridgehead atoms. The summed E-state index contributed by atoms with van der Waals surface area (Å²) in [7, 11) is 12.6. The molecule has 2 aliphatic rings. The van der Waals surface area contributed by atoms with Crippen LogP contribution in [0, 0.1) is 22.7 Å². The number of hydrogen-bond donors (Lipinski definition) is 0. The van der Waals surface area contributed by atoms with Gasteiger partial charge in [-0.3, -0.25) is 0 Å². The second-order valence-corrected chi connectivity index (χ2v) is 6.82. The van der Waals surface area contributed by atoms with Crippen molar-refractivity contribution in [1.29, 1.82) is 0 Å². The first-order chi connectivity index (χ1) is 6.19. The van der Waals surface area contributed by atoms with Gasteiger partial charge in [-0.25, -0.2) is 0 Å². The summed E-state index contributed by atoms with van der Waals surface area (Å²) in [6.45, 7) is 8.79. The molecule has 4 radical (unpaired) electrons. The zero-order valence-electron chi connectivity index (χ0n) is 9.93. The van der Waals surface area contributed by atoms with E-state index in [1.165, 1.54) is 19.3 Å². The van der Waals surface area contributed by atoms with Crippen LogP contribution >= 0.6 is 0 Å². The molecule has 14 heavy (non-hydrogen) atoms.